The van der Waals surface area contributed by atoms with Crippen molar-refractivity contribution in [2.75, 3.05) is 13.1 Å². The highest BCUT2D eigenvalue weighted by molar-refractivity contribution is 5.79. The number of rotatable bonds is 2. The molecule has 1 aliphatic carbocycles. The third-order valence-corrected chi connectivity index (χ3v) is 4.43. The van der Waals surface area contributed by atoms with Gasteiger partial charge in [-0.25, -0.2) is 0 Å². The van der Waals surface area contributed by atoms with Gasteiger partial charge in [0.1, 0.15) is 0 Å². The summed E-state index contributed by atoms with van der Waals surface area (Å²) in [5.41, 5.74) is 1.19. The Hall–Kier alpha value is -1.58. The summed E-state index contributed by atoms with van der Waals surface area (Å²) in [6.45, 7) is 3.79. The van der Waals surface area contributed by atoms with Crippen LogP contribution in [-0.4, -0.2) is 33.7 Å². The molecule has 0 spiro atoms. The summed E-state index contributed by atoms with van der Waals surface area (Å²) in [4.78, 5) is 14.7. The van der Waals surface area contributed by atoms with Gasteiger partial charge in [0.25, 0.3) is 0 Å². The minimum atomic E-state index is 0.207. The van der Waals surface area contributed by atoms with Crippen molar-refractivity contribution in [2.45, 2.75) is 45.1 Å². The van der Waals surface area contributed by atoms with Crippen LogP contribution >= 0.6 is 0 Å². The zero-order chi connectivity index (χ0) is 13.9. The largest absolute Gasteiger partial charge is 0.340 e. The summed E-state index contributed by atoms with van der Waals surface area (Å²) in [6, 6.07) is 0.348. The number of carbonyl (C=O) groups excluding carboxylic acids is 1. The predicted molar refractivity (Wildman–Crippen MR) is 78.3 cm³/mol. The van der Waals surface area contributed by atoms with Crippen LogP contribution in [0.4, 0.5) is 0 Å². The maximum Gasteiger partial charge on any atom is 0.226 e. The predicted octanol–water partition coefficient (Wildman–Crippen LogP) is 2.71. The Bertz CT molecular complexity index is 506. The van der Waals surface area contributed by atoms with Crippen molar-refractivity contribution in [3.05, 3.63) is 30.1 Å². The second kappa shape index (κ2) is 5.81. The van der Waals surface area contributed by atoms with E-state index in [1.54, 1.807) is 0 Å². The Morgan fingerprint density at radius 1 is 1.35 bits per heavy atom. The van der Waals surface area contributed by atoms with Crippen molar-refractivity contribution < 1.29 is 4.79 Å². The number of hydrogen-bond acceptors (Lipinski definition) is 2. The lowest BCUT2D eigenvalue weighted by Crippen LogP contribution is -2.43. The van der Waals surface area contributed by atoms with Crippen LogP contribution in [-0.2, 0) is 4.79 Å². The summed E-state index contributed by atoms with van der Waals surface area (Å²) in [5.74, 6) is 0.557. The van der Waals surface area contributed by atoms with E-state index in [1.807, 2.05) is 10.9 Å². The number of carbonyl (C=O) groups is 1. The summed E-state index contributed by atoms with van der Waals surface area (Å²) in [7, 11) is 0. The number of nitrogens with zero attached hydrogens (tertiary/aromatic N) is 3. The van der Waals surface area contributed by atoms with E-state index in [9.17, 15) is 4.79 Å². The van der Waals surface area contributed by atoms with Crippen molar-refractivity contribution in [1.82, 2.24) is 14.7 Å². The van der Waals surface area contributed by atoms with E-state index in [0.29, 0.717) is 11.9 Å². The maximum atomic E-state index is 12.6. The van der Waals surface area contributed by atoms with Gasteiger partial charge in [-0.3, -0.25) is 9.48 Å². The molecule has 2 heterocycles. The zero-order valence-corrected chi connectivity index (χ0v) is 12.2. The molecule has 0 radical (unpaired) electrons. The van der Waals surface area contributed by atoms with Gasteiger partial charge in [-0.05, 0) is 44.6 Å². The molecule has 1 aromatic heterocycles. The van der Waals surface area contributed by atoms with Crippen LogP contribution in [0, 0.1) is 12.8 Å². The number of aryl methyl sites for hydroxylation is 1. The van der Waals surface area contributed by atoms with Crippen LogP contribution in [0.3, 0.4) is 0 Å². The lowest BCUT2D eigenvalue weighted by molar-refractivity contribution is -0.137. The Kier molecular flexibility index (Phi) is 3.90. The van der Waals surface area contributed by atoms with Crippen molar-refractivity contribution in [3.63, 3.8) is 0 Å². The van der Waals surface area contributed by atoms with Crippen LogP contribution in [0.5, 0.6) is 0 Å². The number of amides is 1. The molecular weight excluding hydrogens is 250 g/mol. The molecule has 4 heteroatoms. The first-order valence-corrected chi connectivity index (χ1v) is 7.68. The van der Waals surface area contributed by atoms with E-state index in [4.69, 9.17) is 0 Å². The lowest BCUT2D eigenvalue weighted by atomic mass is 9.92. The lowest BCUT2D eigenvalue weighted by Gasteiger charge is -2.35. The van der Waals surface area contributed by atoms with E-state index >= 15 is 0 Å². The molecule has 20 heavy (non-hydrogen) atoms. The quantitative estimate of drug-likeness (QED) is 0.777. The van der Waals surface area contributed by atoms with E-state index in [2.05, 4.69) is 35.3 Å². The van der Waals surface area contributed by atoms with Gasteiger partial charge in [-0.1, -0.05) is 12.2 Å². The molecule has 2 aliphatic rings. The van der Waals surface area contributed by atoms with E-state index in [0.717, 1.165) is 45.2 Å². The smallest absolute Gasteiger partial charge is 0.226 e. The minimum absolute atomic E-state index is 0.207. The van der Waals surface area contributed by atoms with Gasteiger partial charge in [-0.2, -0.15) is 5.10 Å². The average molecular weight is 273 g/mol. The Balaban J connectivity index is 1.65. The monoisotopic (exact) mass is 273 g/mol. The molecule has 1 saturated heterocycles. The van der Waals surface area contributed by atoms with Crippen molar-refractivity contribution in [3.8, 4) is 0 Å². The molecule has 1 aromatic rings. The molecule has 1 amide bonds. The first kappa shape index (κ1) is 13.4. The highest BCUT2D eigenvalue weighted by Gasteiger charge is 2.29. The highest BCUT2D eigenvalue weighted by atomic mass is 16.2. The minimum Gasteiger partial charge on any atom is -0.340 e. The summed E-state index contributed by atoms with van der Waals surface area (Å²) in [5, 5.41) is 4.41. The van der Waals surface area contributed by atoms with E-state index in [1.165, 1.54) is 5.56 Å². The van der Waals surface area contributed by atoms with Gasteiger partial charge in [0.2, 0.25) is 5.91 Å². The number of allylic oxidation sites excluding steroid dienone is 2. The molecule has 0 saturated carbocycles. The first-order chi connectivity index (χ1) is 9.74. The van der Waals surface area contributed by atoms with Crippen molar-refractivity contribution in [2.24, 2.45) is 5.92 Å². The molecule has 0 bridgehead atoms. The van der Waals surface area contributed by atoms with Crippen molar-refractivity contribution in [1.29, 1.82) is 0 Å². The van der Waals surface area contributed by atoms with Crippen LogP contribution in [0.25, 0.3) is 0 Å². The van der Waals surface area contributed by atoms with E-state index < -0.39 is 0 Å². The molecule has 4 nitrogen and oxygen atoms in total. The van der Waals surface area contributed by atoms with Crippen LogP contribution in [0.1, 0.15) is 43.7 Å². The summed E-state index contributed by atoms with van der Waals surface area (Å²) < 4.78 is 2.04. The second-order valence-electron chi connectivity index (χ2n) is 6.06. The van der Waals surface area contributed by atoms with Gasteiger partial charge in [0.15, 0.2) is 0 Å². The molecule has 0 N–H and O–H groups in total. The van der Waals surface area contributed by atoms with Gasteiger partial charge in [0.05, 0.1) is 12.2 Å². The SMILES string of the molecule is Cc1cnn([C@@H]2CCCN(C(=O)[C@@H]3CC=CCC3)C2)c1. The summed E-state index contributed by atoms with van der Waals surface area (Å²) >= 11 is 0. The van der Waals surface area contributed by atoms with Crippen molar-refractivity contribution >= 4 is 5.91 Å². The normalized spacial score (nSPS) is 26.8. The Labute approximate surface area is 120 Å². The molecule has 1 fully saturated rings. The third kappa shape index (κ3) is 2.79. The third-order valence-electron chi connectivity index (χ3n) is 4.43. The molecule has 3 rings (SSSR count). The molecule has 2 atom stereocenters. The molecule has 0 unspecified atom stereocenters. The molecule has 0 aromatic carbocycles. The highest BCUT2D eigenvalue weighted by Crippen LogP contribution is 2.26. The Morgan fingerprint density at radius 2 is 2.25 bits per heavy atom. The topological polar surface area (TPSA) is 38.1 Å². The van der Waals surface area contributed by atoms with Gasteiger partial charge in [0, 0.05) is 25.2 Å². The summed E-state index contributed by atoms with van der Waals surface area (Å²) in [6.07, 6.45) is 13.5. The number of aromatic nitrogens is 2. The second-order valence-corrected chi connectivity index (χ2v) is 6.06. The first-order valence-electron chi connectivity index (χ1n) is 7.68. The average Bonchev–Trinajstić information content (AvgIpc) is 2.94. The zero-order valence-electron chi connectivity index (χ0n) is 12.2. The van der Waals surface area contributed by atoms with E-state index in [-0.39, 0.29) is 5.92 Å². The maximum absolute atomic E-state index is 12.6. The van der Waals surface area contributed by atoms with Gasteiger partial charge in [-0.15, -0.1) is 0 Å². The molecule has 1 aliphatic heterocycles. The van der Waals surface area contributed by atoms with Crippen LogP contribution < -0.4 is 0 Å². The fraction of sp³-hybridized carbons (Fsp3) is 0.625. The number of likely N-dealkylation sites (tertiary alicyclic amines) is 1. The fourth-order valence-electron chi connectivity index (χ4n) is 3.28. The standard InChI is InChI=1S/C16H23N3O/c1-13-10-17-19(11-13)15-8-5-9-18(12-15)16(20)14-6-3-2-4-7-14/h2-3,10-11,14-15H,4-9,12H2,1H3/t14-,15-/m1/s1. The molecular formula is C16H23N3O. The fourth-order valence-corrected chi connectivity index (χ4v) is 3.28. The van der Waals surface area contributed by atoms with Gasteiger partial charge < -0.3 is 4.90 Å². The van der Waals surface area contributed by atoms with Crippen LogP contribution in [0.15, 0.2) is 24.5 Å². The van der Waals surface area contributed by atoms with Crippen LogP contribution in [0.2, 0.25) is 0 Å². The Morgan fingerprint density at radius 3 is 2.95 bits per heavy atom. The number of hydrogen-bond donors (Lipinski definition) is 0. The number of piperidine rings is 1. The molecule has 108 valence electrons. The van der Waals surface area contributed by atoms with Gasteiger partial charge >= 0.3 is 0 Å².